The SMILES string of the molecule is C=C(C)CC(CO)(CO)CC(=C)C. The van der Waals surface area contributed by atoms with E-state index in [0.29, 0.717) is 12.8 Å². The second-order valence-corrected chi connectivity index (χ2v) is 4.08. The van der Waals surface area contributed by atoms with E-state index in [9.17, 15) is 10.2 Å². The second-order valence-electron chi connectivity index (χ2n) is 4.08. The summed E-state index contributed by atoms with van der Waals surface area (Å²) < 4.78 is 0. The Kier molecular flexibility index (Phi) is 4.96. The molecule has 0 heterocycles. The van der Waals surface area contributed by atoms with Gasteiger partial charge in [-0.15, -0.1) is 13.2 Å². The number of hydrogen-bond donors (Lipinski definition) is 2. The Morgan fingerprint density at radius 2 is 1.31 bits per heavy atom. The van der Waals surface area contributed by atoms with Gasteiger partial charge in [-0.3, -0.25) is 0 Å². The van der Waals surface area contributed by atoms with Gasteiger partial charge in [-0.25, -0.2) is 0 Å². The minimum atomic E-state index is -0.461. The molecule has 0 aliphatic heterocycles. The molecule has 13 heavy (non-hydrogen) atoms. The maximum Gasteiger partial charge on any atom is 0.0515 e. The maximum absolute atomic E-state index is 9.23. The number of aliphatic hydroxyl groups excluding tert-OH is 2. The lowest BCUT2D eigenvalue weighted by molar-refractivity contribution is 0.0550. The molecular weight excluding hydrogens is 164 g/mol. The van der Waals surface area contributed by atoms with Crippen molar-refractivity contribution in [2.24, 2.45) is 5.41 Å². The molecule has 0 atom stereocenters. The van der Waals surface area contributed by atoms with E-state index < -0.39 is 5.41 Å². The standard InChI is InChI=1S/C11H20O2/c1-9(2)5-11(7-12,8-13)6-10(3)4/h12-13H,1,3,5-8H2,2,4H3. The van der Waals surface area contributed by atoms with E-state index >= 15 is 0 Å². The first-order chi connectivity index (χ1) is 5.95. The summed E-state index contributed by atoms with van der Waals surface area (Å²) in [6.07, 6.45) is 1.29. The molecule has 0 bridgehead atoms. The van der Waals surface area contributed by atoms with Gasteiger partial charge in [-0.05, 0) is 26.7 Å². The summed E-state index contributed by atoms with van der Waals surface area (Å²) in [7, 11) is 0. The molecule has 0 aliphatic carbocycles. The molecule has 2 N–H and O–H groups in total. The Morgan fingerprint density at radius 3 is 1.46 bits per heavy atom. The molecule has 0 spiro atoms. The zero-order valence-electron chi connectivity index (χ0n) is 8.64. The van der Waals surface area contributed by atoms with E-state index in [2.05, 4.69) is 13.2 Å². The molecule has 0 rings (SSSR count). The van der Waals surface area contributed by atoms with Crippen LogP contribution in [0.1, 0.15) is 26.7 Å². The predicted molar refractivity (Wildman–Crippen MR) is 55.5 cm³/mol. The van der Waals surface area contributed by atoms with Gasteiger partial charge >= 0.3 is 0 Å². The quantitative estimate of drug-likeness (QED) is 0.619. The normalized spacial score (nSPS) is 11.4. The van der Waals surface area contributed by atoms with Gasteiger partial charge in [0.05, 0.1) is 13.2 Å². The Morgan fingerprint density at radius 1 is 1.00 bits per heavy atom. The van der Waals surface area contributed by atoms with Crippen molar-refractivity contribution in [1.82, 2.24) is 0 Å². The predicted octanol–water partition coefficient (Wildman–Crippen LogP) is 1.89. The third-order valence-corrected chi connectivity index (χ3v) is 2.02. The summed E-state index contributed by atoms with van der Waals surface area (Å²) in [5, 5.41) is 18.5. The van der Waals surface area contributed by atoms with Crippen molar-refractivity contribution in [3.63, 3.8) is 0 Å². The van der Waals surface area contributed by atoms with Crippen LogP contribution in [0.4, 0.5) is 0 Å². The highest BCUT2D eigenvalue weighted by Crippen LogP contribution is 2.31. The van der Waals surface area contributed by atoms with Crippen LogP contribution in [0.2, 0.25) is 0 Å². The van der Waals surface area contributed by atoms with Crippen LogP contribution in [0.3, 0.4) is 0 Å². The monoisotopic (exact) mass is 184 g/mol. The molecule has 0 saturated carbocycles. The van der Waals surface area contributed by atoms with E-state index in [4.69, 9.17) is 0 Å². The average molecular weight is 184 g/mol. The third kappa shape index (κ3) is 4.25. The Balaban J connectivity index is 4.48. The van der Waals surface area contributed by atoms with E-state index in [1.807, 2.05) is 13.8 Å². The van der Waals surface area contributed by atoms with Gasteiger partial charge in [0, 0.05) is 5.41 Å². The molecular formula is C11H20O2. The highest BCUT2D eigenvalue weighted by Gasteiger charge is 2.28. The second kappa shape index (κ2) is 5.20. The highest BCUT2D eigenvalue weighted by atomic mass is 16.3. The van der Waals surface area contributed by atoms with Crippen LogP contribution < -0.4 is 0 Å². The molecule has 0 aliphatic rings. The van der Waals surface area contributed by atoms with Crippen molar-refractivity contribution in [3.8, 4) is 0 Å². The minimum Gasteiger partial charge on any atom is -0.396 e. The Hall–Kier alpha value is -0.600. The first kappa shape index (κ1) is 12.4. The zero-order valence-corrected chi connectivity index (χ0v) is 8.64. The fourth-order valence-electron chi connectivity index (χ4n) is 1.62. The van der Waals surface area contributed by atoms with E-state index in [1.54, 1.807) is 0 Å². The fourth-order valence-corrected chi connectivity index (χ4v) is 1.62. The lowest BCUT2D eigenvalue weighted by Crippen LogP contribution is -2.30. The lowest BCUT2D eigenvalue weighted by Gasteiger charge is -2.30. The first-order valence-corrected chi connectivity index (χ1v) is 4.46. The van der Waals surface area contributed by atoms with Crippen molar-refractivity contribution in [3.05, 3.63) is 24.3 Å². The van der Waals surface area contributed by atoms with E-state index in [0.717, 1.165) is 11.1 Å². The van der Waals surface area contributed by atoms with Crippen molar-refractivity contribution < 1.29 is 10.2 Å². The van der Waals surface area contributed by atoms with E-state index in [1.165, 1.54) is 0 Å². The molecule has 0 saturated heterocycles. The summed E-state index contributed by atoms with van der Waals surface area (Å²) in [5.74, 6) is 0. The van der Waals surface area contributed by atoms with Crippen molar-refractivity contribution in [2.45, 2.75) is 26.7 Å². The summed E-state index contributed by atoms with van der Waals surface area (Å²) in [5.41, 5.74) is 1.49. The van der Waals surface area contributed by atoms with Crippen LogP contribution in [-0.4, -0.2) is 23.4 Å². The molecule has 0 aromatic carbocycles. The number of aliphatic hydroxyl groups is 2. The summed E-state index contributed by atoms with van der Waals surface area (Å²) >= 11 is 0. The zero-order chi connectivity index (χ0) is 10.5. The average Bonchev–Trinajstić information content (AvgIpc) is 2.01. The van der Waals surface area contributed by atoms with Gasteiger partial charge in [-0.1, -0.05) is 11.1 Å². The van der Waals surface area contributed by atoms with Crippen LogP contribution >= 0.6 is 0 Å². The van der Waals surface area contributed by atoms with Gasteiger partial charge in [0.1, 0.15) is 0 Å². The summed E-state index contributed by atoms with van der Waals surface area (Å²) in [4.78, 5) is 0. The van der Waals surface area contributed by atoms with Gasteiger partial charge in [0.2, 0.25) is 0 Å². The smallest absolute Gasteiger partial charge is 0.0515 e. The molecule has 2 heteroatoms. The number of allylic oxidation sites excluding steroid dienone is 2. The number of hydrogen-bond acceptors (Lipinski definition) is 2. The molecule has 0 aromatic rings. The lowest BCUT2D eigenvalue weighted by atomic mass is 9.78. The molecule has 0 radical (unpaired) electrons. The first-order valence-electron chi connectivity index (χ1n) is 4.46. The van der Waals surface area contributed by atoms with Gasteiger partial charge < -0.3 is 10.2 Å². The van der Waals surface area contributed by atoms with Crippen LogP contribution in [0.5, 0.6) is 0 Å². The third-order valence-electron chi connectivity index (χ3n) is 2.02. The van der Waals surface area contributed by atoms with E-state index in [-0.39, 0.29) is 13.2 Å². The topological polar surface area (TPSA) is 40.5 Å². The fraction of sp³-hybridized carbons (Fsp3) is 0.636. The minimum absolute atomic E-state index is 0.0246. The maximum atomic E-state index is 9.23. The summed E-state index contributed by atoms with van der Waals surface area (Å²) in [6.45, 7) is 11.3. The van der Waals surface area contributed by atoms with Crippen LogP contribution in [0.25, 0.3) is 0 Å². The Bertz CT molecular complexity index is 172. The van der Waals surface area contributed by atoms with Crippen molar-refractivity contribution in [1.29, 1.82) is 0 Å². The molecule has 0 unspecified atom stereocenters. The van der Waals surface area contributed by atoms with Gasteiger partial charge in [0.15, 0.2) is 0 Å². The molecule has 76 valence electrons. The summed E-state index contributed by atoms with van der Waals surface area (Å²) in [6, 6.07) is 0. The van der Waals surface area contributed by atoms with Gasteiger partial charge in [0.25, 0.3) is 0 Å². The highest BCUT2D eigenvalue weighted by molar-refractivity contribution is 5.03. The Labute approximate surface area is 80.6 Å². The van der Waals surface area contributed by atoms with Crippen LogP contribution in [0, 0.1) is 5.41 Å². The molecule has 0 amide bonds. The van der Waals surface area contributed by atoms with Gasteiger partial charge in [-0.2, -0.15) is 0 Å². The molecule has 0 fully saturated rings. The van der Waals surface area contributed by atoms with Crippen LogP contribution in [-0.2, 0) is 0 Å². The van der Waals surface area contributed by atoms with Crippen molar-refractivity contribution >= 4 is 0 Å². The number of rotatable bonds is 6. The molecule has 0 aromatic heterocycles. The molecule has 2 nitrogen and oxygen atoms in total. The van der Waals surface area contributed by atoms with Crippen LogP contribution in [0.15, 0.2) is 24.3 Å². The largest absolute Gasteiger partial charge is 0.396 e. The van der Waals surface area contributed by atoms with Crippen molar-refractivity contribution in [2.75, 3.05) is 13.2 Å².